The smallest absolute Gasteiger partial charge is 0.313 e. The third kappa shape index (κ3) is 5.82. The number of carbonyl (C=O) groups is 1. The van der Waals surface area contributed by atoms with Gasteiger partial charge in [-0.25, -0.2) is 9.97 Å². The second-order valence-electron chi connectivity index (χ2n) is 6.68. The molecule has 0 unspecified atom stereocenters. The van der Waals surface area contributed by atoms with Gasteiger partial charge in [0.15, 0.2) is 5.16 Å². The topological polar surface area (TPSA) is 64.1 Å². The summed E-state index contributed by atoms with van der Waals surface area (Å²) in [4.78, 5) is 20.9. The van der Waals surface area contributed by atoms with Crippen molar-refractivity contribution in [2.75, 3.05) is 5.32 Å². The summed E-state index contributed by atoms with van der Waals surface area (Å²) in [5.74, 6) is 1.59. The lowest BCUT2D eigenvalue weighted by Gasteiger charge is -2.11. The van der Waals surface area contributed by atoms with E-state index in [2.05, 4.69) is 27.4 Å². The minimum Gasteiger partial charge on any atom is -0.426 e. The summed E-state index contributed by atoms with van der Waals surface area (Å²) in [5.41, 5.74) is 2.91. The van der Waals surface area contributed by atoms with Gasteiger partial charge in [0.25, 0.3) is 0 Å². The van der Waals surface area contributed by atoms with E-state index >= 15 is 0 Å². The average Bonchev–Trinajstić information content (AvgIpc) is 2.67. The highest BCUT2D eigenvalue weighted by Gasteiger charge is 2.10. The van der Waals surface area contributed by atoms with Gasteiger partial charge in [-0.3, -0.25) is 4.79 Å². The van der Waals surface area contributed by atoms with Crippen LogP contribution in [0.1, 0.15) is 25.1 Å². The van der Waals surface area contributed by atoms with Gasteiger partial charge in [0.2, 0.25) is 0 Å². The van der Waals surface area contributed by atoms with Crippen LogP contribution < -0.4 is 10.1 Å². The number of anilines is 2. The fraction of sp³-hybridized carbons (Fsp3) is 0.227. The first-order valence-corrected chi connectivity index (χ1v) is 10.1. The van der Waals surface area contributed by atoms with Crippen molar-refractivity contribution in [3.8, 4) is 5.75 Å². The lowest BCUT2D eigenvalue weighted by Crippen LogP contribution is -2.14. The van der Waals surface area contributed by atoms with Gasteiger partial charge in [0.1, 0.15) is 11.6 Å². The van der Waals surface area contributed by atoms with Crippen LogP contribution in [0.3, 0.4) is 0 Å². The number of carbonyl (C=O) groups excluding carboxylic acids is 1. The molecule has 0 aliphatic heterocycles. The van der Waals surface area contributed by atoms with Gasteiger partial charge in [-0.1, -0.05) is 62.0 Å². The van der Waals surface area contributed by atoms with Crippen LogP contribution in [0.2, 0.25) is 0 Å². The van der Waals surface area contributed by atoms with Crippen molar-refractivity contribution in [3.63, 3.8) is 0 Å². The molecule has 0 aliphatic carbocycles. The molecular formula is C22H23N3O2S. The SMILES string of the molecule is Cc1cc(Nc2cccc(OC(=O)C(C)C)c2)nc(SCc2ccccc2)n1. The number of aryl methyl sites for hydroxylation is 1. The molecule has 0 saturated carbocycles. The van der Waals surface area contributed by atoms with Crippen molar-refractivity contribution in [1.82, 2.24) is 9.97 Å². The largest absolute Gasteiger partial charge is 0.426 e. The number of nitrogens with zero attached hydrogens (tertiary/aromatic N) is 2. The highest BCUT2D eigenvalue weighted by Crippen LogP contribution is 2.25. The van der Waals surface area contributed by atoms with E-state index in [1.807, 2.05) is 57.2 Å². The standard InChI is InChI=1S/C22H23N3O2S/c1-15(2)21(26)27-19-11-7-10-18(13-19)24-20-12-16(3)23-22(25-20)28-14-17-8-5-4-6-9-17/h4-13,15H,14H2,1-3H3,(H,23,24,25). The van der Waals surface area contributed by atoms with Crippen LogP contribution in [0, 0.1) is 12.8 Å². The molecule has 0 spiro atoms. The second kappa shape index (κ2) is 9.37. The molecule has 0 amide bonds. The maximum atomic E-state index is 11.8. The number of benzene rings is 2. The summed E-state index contributed by atoms with van der Waals surface area (Å²) < 4.78 is 5.37. The fourth-order valence-corrected chi connectivity index (χ4v) is 3.27. The Morgan fingerprint density at radius 1 is 1.07 bits per heavy atom. The molecule has 2 aromatic carbocycles. The molecule has 0 saturated heterocycles. The lowest BCUT2D eigenvalue weighted by molar-refractivity contribution is -0.137. The third-order valence-corrected chi connectivity index (χ3v) is 4.76. The first kappa shape index (κ1) is 19.9. The van der Waals surface area contributed by atoms with Crippen molar-refractivity contribution < 1.29 is 9.53 Å². The van der Waals surface area contributed by atoms with Crippen molar-refractivity contribution in [2.24, 2.45) is 5.92 Å². The van der Waals surface area contributed by atoms with Crippen molar-refractivity contribution in [3.05, 3.63) is 71.9 Å². The fourth-order valence-electron chi connectivity index (χ4n) is 2.41. The predicted octanol–water partition coefficient (Wildman–Crippen LogP) is 5.38. The van der Waals surface area contributed by atoms with Crippen molar-refractivity contribution >= 4 is 29.2 Å². The van der Waals surface area contributed by atoms with E-state index in [0.29, 0.717) is 16.7 Å². The van der Waals surface area contributed by atoms with Gasteiger partial charge in [-0.05, 0) is 24.6 Å². The number of esters is 1. The van der Waals surface area contributed by atoms with E-state index in [0.717, 1.165) is 17.1 Å². The number of aromatic nitrogens is 2. The molecule has 0 atom stereocenters. The molecule has 1 aromatic heterocycles. The molecule has 0 radical (unpaired) electrons. The number of ether oxygens (including phenoxy) is 1. The molecule has 5 nitrogen and oxygen atoms in total. The summed E-state index contributed by atoms with van der Waals surface area (Å²) in [6.45, 7) is 5.56. The van der Waals surface area contributed by atoms with Gasteiger partial charge in [-0.2, -0.15) is 0 Å². The minimum absolute atomic E-state index is 0.176. The zero-order valence-electron chi connectivity index (χ0n) is 16.2. The van der Waals surface area contributed by atoms with E-state index < -0.39 is 0 Å². The molecule has 0 aliphatic rings. The van der Waals surface area contributed by atoms with Crippen molar-refractivity contribution in [2.45, 2.75) is 31.7 Å². The quantitative estimate of drug-likeness (QED) is 0.252. The zero-order chi connectivity index (χ0) is 19.9. The predicted molar refractivity (Wildman–Crippen MR) is 113 cm³/mol. The molecular weight excluding hydrogens is 370 g/mol. The van der Waals surface area contributed by atoms with Crippen LogP contribution in [-0.2, 0) is 10.5 Å². The minimum atomic E-state index is -0.255. The number of nitrogens with one attached hydrogen (secondary N) is 1. The van der Waals surface area contributed by atoms with Gasteiger partial charge in [0, 0.05) is 29.3 Å². The number of hydrogen-bond donors (Lipinski definition) is 1. The Balaban J connectivity index is 1.70. The van der Waals surface area contributed by atoms with Gasteiger partial charge in [-0.15, -0.1) is 0 Å². The molecule has 1 heterocycles. The Morgan fingerprint density at radius 2 is 1.86 bits per heavy atom. The summed E-state index contributed by atoms with van der Waals surface area (Å²) in [6.07, 6.45) is 0. The van der Waals surface area contributed by atoms with Crippen molar-refractivity contribution in [1.29, 1.82) is 0 Å². The molecule has 3 aromatic rings. The van der Waals surface area contributed by atoms with Crippen LogP contribution in [0.5, 0.6) is 5.75 Å². The summed E-state index contributed by atoms with van der Waals surface area (Å²) in [6, 6.07) is 19.4. The Labute approximate surface area is 169 Å². The zero-order valence-corrected chi connectivity index (χ0v) is 17.0. The summed E-state index contributed by atoms with van der Waals surface area (Å²) >= 11 is 1.60. The monoisotopic (exact) mass is 393 g/mol. The Hall–Kier alpha value is -2.86. The van der Waals surface area contributed by atoms with E-state index in [-0.39, 0.29) is 11.9 Å². The van der Waals surface area contributed by atoms with Crippen LogP contribution in [0.4, 0.5) is 11.5 Å². The maximum Gasteiger partial charge on any atom is 0.313 e. The molecule has 6 heteroatoms. The molecule has 28 heavy (non-hydrogen) atoms. The number of thioether (sulfide) groups is 1. The molecule has 144 valence electrons. The molecule has 0 fully saturated rings. The van der Waals surface area contributed by atoms with Gasteiger partial charge >= 0.3 is 5.97 Å². The lowest BCUT2D eigenvalue weighted by atomic mass is 10.2. The Bertz CT molecular complexity index is 946. The highest BCUT2D eigenvalue weighted by atomic mass is 32.2. The van der Waals surface area contributed by atoms with Crippen LogP contribution in [0.15, 0.2) is 65.8 Å². The number of rotatable bonds is 7. The molecule has 1 N–H and O–H groups in total. The Kier molecular flexibility index (Phi) is 6.66. The third-order valence-electron chi connectivity index (χ3n) is 3.84. The Morgan fingerprint density at radius 3 is 2.61 bits per heavy atom. The second-order valence-corrected chi connectivity index (χ2v) is 7.62. The van der Waals surface area contributed by atoms with E-state index in [9.17, 15) is 4.79 Å². The maximum absolute atomic E-state index is 11.8. The van der Waals surface area contributed by atoms with Gasteiger partial charge < -0.3 is 10.1 Å². The first-order valence-electron chi connectivity index (χ1n) is 9.11. The summed E-state index contributed by atoms with van der Waals surface area (Å²) in [5, 5.41) is 3.99. The first-order chi connectivity index (χ1) is 13.5. The summed E-state index contributed by atoms with van der Waals surface area (Å²) in [7, 11) is 0. The molecule has 0 bridgehead atoms. The van der Waals surface area contributed by atoms with Gasteiger partial charge in [0.05, 0.1) is 5.92 Å². The van der Waals surface area contributed by atoms with Crippen LogP contribution in [0.25, 0.3) is 0 Å². The van der Waals surface area contributed by atoms with Crippen LogP contribution >= 0.6 is 11.8 Å². The number of hydrogen-bond acceptors (Lipinski definition) is 6. The van der Waals surface area contributed by atoms with E-state index in [4.69, 9.17) is 4.74 Å². The average molecular weight is 394 g/mol. The van der Waals surface area contributed by atoms with E-state index in [1.54, 1.807) is 23.9 Å². The van der Waals surface area contributed by atoms with E-state index in [1.165, 1.54) is 5.56 Å². The highest BCUT2D eigenvalue weighted by molar-refractivity contribution is 7.98. The normalized spacial score (nSPS) is 10.7. The van der Waals surface area contributed by atoms with Crippen LogP contribution in [-0.4, -0.2) is 15.9 Å². The molecule has 3 rings (SSSR count).